The second kappa shape index (κ2) is 5.89. The summed E-state index contributed by atoms with van der Waals surface area (Å²) in [4.78, 5) is 0. The summed E-state index contributed by atoms with van der Waals surface area (Å²) < 4.78 is 14.5. The van der Waals surface area contributed by atoms with E-state index in [1.165, 1.54) is 0 Å². The number of benzene rings is 2. The van der Waals surface area contributed by atoms with E-state index in [0.717, 1.165) is 14.8 Å². The molecule has 4 heteroatoms. The normalized spacial score (nSPS) is 10.4. The van der Waals surface area contributed by atoms with Gasteiger partial charge in [0, 0.05) is 10.1 Å². The number of aryl methyl sites for hydroxylation is 1. The van der Waals surface area contributed by atoms with Crippen LogP contribution < -0.4 is 5.32 Å². The highest BCUT2D eigenvalue weighted by Gasteiger charge is 2.02. The molecule has 0 fully saturated rings. The number of anilines is 1. The lowest BCUT2D eigenvalue weighted by Gasteiger charge is -2.09. The predicted molar refractivity (Wildman–Crippen MR) is 82.6 cm³/mol. The highest BCUT2D eigenvalue weighted by Crippen LogP contribution is 2.24. The van der Waals surface area contributed by atoms with E-state index in [1.807, 2.05) is 24.3 Å². The van der Waals surface area contributed by atoms with E-state index in [2.05, 4.69) is 27.9 Å². The van der Waals surface area contributed by atoms with Crippen molar-refractivity contribution in [2.45, 2.75) is 13.5 Å². The summed E-state index contributed by atoms with van der Waals surface area (Å²) in [6.07, 6.45) is 0. The van der Waals surface area contributed by atoms with E-state index in [-0.39, 0.29) is 5.82 Å². The van der Waals surface area contributed by atoms with Crippen LogP contribution >= 0.6 is 34.2 Å². The summed E-state index contributed by atoms with van der Waals surface area (Å²) in [5.74, 6) is -0.178. The molecule has 0 radical (unpaired) electrons. The molecule has 0 heterocycles. The molecule has 94 valence electrons. The van der Waals surface area contributed by atoms with Gasteiger partial charge in [0.25, 0.3) is 0 Å². The monoisotopic (exact) mass is 375 g/mol. The van der Waals surface area contributed by atoms with Crippen molar-refractivity contribution in [2.24, 2.45) is 0 Å². The molecular weight excluding hydrogens is 364 g/mol. The summed E-state index contributed by atoms with van der Waals surface area (Å²) in [5, 5.41) is 3.88. The molecule has 0 aliphatic rings. The highest BCUT2D eigenvalue weighted by molar-refractivity contribution is 14.1. The van der Waals surface area contributed by atoms with Gasteiger partial charge in [-0.1, -0.05) is 23.7 Å². The molecule has 0 saturated carbocycles. The zero-order valence-corrected chi connectivity index (χ0v) is 12.7. The first-order valence-corrected chi connectivity index (χ1v) is 6.96. The molecule has 1 nitrogen and oxygen atoms in total. The van der Waals surface area contributed by atoms with Crippen LogP contribution in [0.3, 0.4) is 0 Å². The molecule has 0 aromatic heterocycles. The Morgan fingerprint density at radius 1 is 1.22 bits per heavy atom. The molecule has 0 aliphatic heterocycles. The number of nitrogens with one attached hydrogen (secondary N) is 1. The van der Waals surface area contributed by atoms with Gasteiger partial charge >= 0.3 is 0 Å². The fourth-order valence-corrected chi connectivity index (χ4v) is 2.50. The molecule has 0 bridgehead atoms. The lowest BCUT2D eigenvalue weighted by Crippen LogP contribution is -2.01. The van der Waals surface area contributed by atoms with E-state index in [4.69, 9.17) is 11.6 Å². The van der Waals surface area contributed by atoms with Crippen molar-refractivity contribution in [2.75, 3.05) is 5.32 Å². The summed E-state index contributed by atoms with van der Waals surface area (Å²) in [7, 11) is 0. The van der Waals surface area contributed by atoms with Crippen molar-refractivity contribution >= 4 is 39.9 Å². The van der Waals surface area contributed by atoms with Crippen LogP contribution in [0.15, 0.2) is 36.4 Å². The fourth-order valence-electron chi connectivity index (χ4n) is 1.58. The minimum absolute atomic E-state index is 0.178. The quantitative estimate of drug-likeness (QED) is 0.744. The Bertz CT molecular complexity index is 572. The van der Waals surface area contributed by atoms with Crippen LogP contribution in [0.25, 0.3) is 0 Å². The zero-order chi connectivity index (χ0) is 13.1. The maximum absolute atomic E-state index is 13.4. The second-order valence-electron chi connectivity index (χ2n) is 4.06. The minimum atomic E-state index is -0.178. The lowest BCUT2D eigenvalue weighted by molar-refractivity contribution is 0.616. The molecule has 0 atom stereocenters. The van der Waals surface area contributed by atoms with Gasteiger partial charge in [0.05, 0.1) is 10.7 Å². The predicted octanol–water partition coefficient (Wildman–Crippen LogP) is 5.00. The third-order valence-corrected chi connectivity index (χ3v) is 3.63. The maximum atomic E-state index is 13.4. The van der Waals surface area contributed by atoms with Crippen LogP contribution in [0, 0.1) is 16.3 Å². The average Bonchev–Trinajstić information content (AvgIpc) is 2.32. The van der Waals surface area contributed by atoms with E-state index in [1.54, 1.807) is 19.1 Å². The zero-order valence-electron chi connectivity index (χ0n) is 9.81. The molecule has 1 N–H and O–H groups in total. The Morgan fingerprint density at radius 2 is 2.00 bits per heavy atom. The van der Waals surface area contributed by atoms with Crippen LogP contribution in [-0.2, 0) is 6.54 Å². The Morgan fingerprint density at radius 3 is 2.67 bits per heavy atom. The smallest absolute Gasteiger partial charge is 0.126 e. The van der Waals surface area contributed by atoms with E-state index in [9.17, 15) is 4.39 Å². The number of halogens is 3. The summed E-state index contributed by atoms with van der Waals surface area (Å²) in [6, 6.07) is 11.0. The molecule has 0 amide bonds. The van der Waals surface area contributed by atoms with Crippen LogP contribution in [0.2, 0.25) is 5.02 Å². The first-order chi connectivity index (χ1) is 8.56. The Balaban J connectivity index is 2.09. The summed E-state index contributed by atoms with van der Waals surface area (Å²) in [6.45, 7) is 2.31. The third kappa shape index (κ3) is 3.36. The SMILES string of the molecule is Cc1ccc(CNc2ccc(I)cc2Cl)cc1F. The highest BCUT2D eigenvalue weighted by atomic mass is 127. The van der Waals surface area contributed by atoms with E-state index in [0.29, 0.717) is 17.1 Å². The summed E-state index contributed by atoms with van der Waals surface area (Å²) in [5.41, 5.74) is 2.41. The molecule has 2 aromatic rings. The molecule has 0 saturated heterocycles. The maximum Gasteiger partial charge on any atom is 0.126 e. The van der Waals surface area contributed by atoms with Crippen molar-refractivity contribution in [1.29, 1.82) is 0 Å². The Labute approximate surface area is 124 Å². The van der Waals surface area contributed by atoms with Gasteiger partial charge in [0.1, 0.15) is 5.82 Å². The molecule has 0 unspecified atom stereocenters. The topological polar surface area (TPSA) is 12.0 Å². The largest absolute Gasteiger partial charge is 0.380 e. The van der Waals surface area contributed by atoms with Crippen LogP contribution in [0.1, 0.15) is 11.1 Å². The van der Waals surface area contributed by atoms with Gasteiger partial charge in [0.15, 0.2) is 0 Å². The van der Waals surface area contributed by atoms with Crippen molar-refractivity contribution in [3.05, 3.63) is 61.9 Å². The standard InChI is InChI=1S/C14H12ClFIN/c1-9-2-3-10(6-13(9)16)8-18-14-5-4-11(17)7-12(14)15/h2-7,18H,8H2,1H3. The van der Waals surface area contributed by atoms with Crippen molar-refractivity contribution in [1.82, 2.24) is 0 Å². The van der Waals surface area contributed by atoms with Gasteiger partial charge in [-0.3, -0.25) is 0 Å². The number of hydrogen-bond acceptors (Lipinski definition) is 1. The molecule has 18 heavy (non-hydrogen) atoms. The van der Waals surface area contributed by atoms with Crippen molar-refractivity contribution in [3.63, 3.8) is 0 Å². The Kier molecular flexibility index (Phi) is 4.45. The second-order valence-corrected chi connectivity index (χ2v) is 5.71. The first kappa shape index (κ1) is 13.6. The number of hydrogen-bond donors (Lipinski definition) is 1. The van der Waals surface area contributed by atoms with Gasteiger partial charge in [-0.05, 0) is 64.9 Å². The van der Waals surface area contributed by atoms with Gasteiger partial charge in [-0.25, -0.2) is 4.39 Å². The average molecular weight is 376 g/mol. The fraction of sp³-hybridized carbons (Fsp3) is 0.143. The third-order valence-electron chi connectivity index (χ3n) is 2.65. The van der Waals surface area contributed by atoms with Crippen LogP contribution in [0.5, 0.6) is 0 Å². The molecule has 2 rings (SSSR count). The Hall–Kier alpha value is -0.810. The van der Waals surface area contributed by atoms with Crippen LogP contribution in [-0.4, -0.2) is 0 Å². The first-order valence-electron chi connectivity index (χ1n) is 5.50. The van der Waals surface area contributed by atoms with Crippen molar-refractivity contribution in [3.8, 4) is 0 Å². The molecular formula is C14H12ClFIN. The van der Waals surface area contributed by atoms with Crippen LogP contribution in [0.4, 0.5) is 10.1 Å². The summed E-state index contributed by atoms with van der Waals surface area (Å²) >= 11 is 8.32. The van der Waals surface area contributed by atoms with E-state index >= 15 is 0 Å². The lowest BCUT2D eigenvalue weighted by atomic mass is 10.1. The minimum Gasteiger partial charge on any atom is -0.380 e. The molecule has 2 aromatic carbocycles. The van der Waals surface area contributed by atoms with Crippen molar-refractivity contribution < 1.29 is 4.39 Å². The number of rotatable bonds is 3. The molecule has 0 aliphatic carbocycles. The van der Waals surface area contributed by atoms with E-state index < -0.39 is 0 Å². The van der Waals surface area contributed by atoms with Gasteiger partial charge in [-0.15, -0.1) is 0 Å². The molecule has 0 spiro atoms. The van der Waals surface area contributed by atoms with Gasteiger partial charge < -0.3 is 5.32 Å². The van der Waals surface area contributed by atoms with Gasteiger partial charge in [-0.2, -0.15) is 0 Å². The van der Waals surface area contributed by atoms with Gasteiger partial charge in [0.2, 0.25) is 0 Å².